The molecule has 19 heavy (non-hydrogen) atoms. The molecule has 2 aromatic rings. The number of carbonyl (C=O) groups excluding carboxylic acids is 1. The molecule has 1 aliphatic carbocycles. The van der Waals surface area contributed by atoms with E-state index in [-0.39, 0.29) is 17.3 Å². The van der Waals surface area contributed by atoms with Crippen LogP contribution in [0.25, 0.3) is 0 Å². The number of benzene rings is 1. The van der Waals surface area contributed by atoms with Crippen molar-refractivity contribution >= 4 is 22.4 Å². The Balaban J connectivity index is 1.79. The van der Waals surface area contributed by atoms with Crippen LogP contribution in [0, 0.1) is 5.82 Å². The first-order valence-corrected chi connectivity index (χ1v) is 6.77. The van der Waals surface area contributed by atoms with E-state index in [9.17, 15) is 9.18 Å². The first-order chi connectivity index (χ1) is 9.09. The second kappa shape index (κ2) is 4.31. The van der Waals surface area contributed by atoms with Gasteiger partial charge < -0.3 is 11.1 Å². The molecule has 6 heteroatoms. The van der Waals surface area contributed by atoms with E-state index in [1.807, 2.05) is 0 Å². The molecule has 1 saturated carbocycles. The van der Waals surface area contributed by atoms with Crippen LogP contribution in [0.3, 0.4) is 0 Å². The van der Waals surface area contributed by atoms with Gasteiger partial charge >= 0.3 is 0 Å². The highest BCUT2D eigenvalue weighted by Crippen LogP contribution is 2.45. The minimum atomic E-state index is -0.372. The number of hydrogen-bond donors (Lipinski definition) is 2. The lowest BCUT2D eigenvalue weighted by Crippen LogP contribution is -2.35. The SMILES string of the molecule is Nc1nc(C(=O)NC2(c3ccc(F)cc3)CC2)cs1. The standard InChI is InChI=1S/C13H12FN3OS/c14-9-3-1-8(2-4-9)13(5-6-13)17-11(18)10-7-19-12(15)16-10/h1-4,7H,5-6H2,(H2,15,16)(H,17,18). The van der Waals surface area contributed by atoms with E-state index in [1.165, 1.54) is 23.5 Å². The molecule has 1 heterocycles. The van der Waals surface area contributed by atoms with E-state index in [2.05, 4.69) is 10.3 Å². The molecule has 0 atom stereocenters. The monoisotopic (exact) mass is 277 g/mol. The Morgan fingerprint density at radius 3 is 2.58 bits per heavy atom. The Hall–Kier alpha value is -1.95. The number of thiazole rings is 1. The predicted molar refractivity (Wildman–Crippen MR) is 71.3 cm³/mol. The summed E-state index contributed by atoms with van der Waals surface area (Å²) in [6.45, 7) is 0. The highest BCUT2D eigenvalue weighted by atomic mass is 32.1. The zero-order chi connectivity index (χ0) is 13.5. The largest absolute Gasteiger partial charge is 0.375 e. The molecule has 1 aromatic carbocycles. The van der Waals surface area contributed by atoms with Crippen molar-refractivity contribution in [2.75, 3.05) is 5.73 Å². The van der Waals surface area contributed by atoms with E-state index < -0.39 is 0 Å². The van der Waals surface area contributed by atoms with Crippen molar-refractivity contribution in [3.8, 4) is 0 Å². The van der Waals surface area contributed by atoms with E-state index in [4.69, 9.17) is 5.73 Å². The Labute approximate surface area is 113 Å². The third-order valence-corrected chi connectivity index (χ3v) is 3.93. The van der Waals surface area contributed by atoms with Gasteiger partial charge in [-0.2, -0.15) is 0 Å². The minimum absolute atomic E-state index is 0.241. The molecule has 0 radical (unpaired) electrons. The second-order valence-electron chi connectivity index (χ2n) is 4.61. The van der Waals surface area contributed by atoms with Gasteiger partial charge in [0.25, 0.3) is 5.91 Å². The van der Waals surface area contributed by atoms with Crippen LogP contribution in [0.2, 0.25) is 0 Å². The summed E-state index contributed by atoms with van der Waals surface area (Å²) in [5.74, 6) is -0.520. The highest BCUT2D eigenvalue weighted by molar-refractivity contribution is 7.13. The van der Waals surface area contributed by atoms with Gasteiger partial charge in [0.1, 0.15) is 11.5 Å². The third kappa shape index (κ3) is 2.31. The second-order valence-corrected chi connectivity index (χ2v) is 5.50. The molecule has 0 spiro atoms. The van der Waals surface area contributed by atoms with Crippen LogP contribution in [0.5, 0.6) is 0 Å². The summed E-state index contributed by atoms with van der Waals surface area (Å²) in [5.41, 5.74) is 6.39. The van der Waals surface area contributed by atoms with Crippen molar-refractivity contribution < 1.29 is 9.18 Å². The van der Waals surface area contributed by atoms with Gasteiger partial charge in [0.15, 0.2) is 5.13 Å². The van der Waals surface area contributed by atoms with Gasteiger partial charge in [-0.3, -0.25) is 4.79 Å². The van der Waals surface area contributed by atoms with Gasteiger partial charge in [-0.25, -0.2) is 9.37 Å². The number of halogens is 1. The molecule has 1 aromatic heterocycles. The summed E-state index contributed by atoms with van der Waals surface area (Å²) in [7, 11) is 0. The van der Waals surface area contributed by atoms with Crippen LogP contribution in [-0.2, 0) is 5.54 Å². The van der Waals surface area contributed by atoms with Crippen LogP contribution in [0.4, 0.5) is 9.52 Å². The van der Waals surface area contributed by atoms with Crippen molar-refractivity contribution in [2.24, 2.45) is 0 Å². The van der Waals surface area contributed by atoms with Gasteiger partial charge in [-0.1, -0.05) is 12.1 Å². The van der Waals surface area contributed by atoms with E-state index in [0.29, 0.717) is 10.8 Å². The Morgan fingerprint density at radius 2 is 2.05 bits per heavy atom. The number of carbonyl (C=O) groups is 1. The zero-order valence-corrected chi connectivity index (χ0v) is 10.8. The summed E-state index contributed by atoms with van der Waals surface area (Å²) in [4.78, 5) is 16.0. The normalized spacial score (nSPS) is 16.1. The van der Waals surface area contributed by atoms with Gasteiger partial charge in [0.05, 0.1) is 5.54 Å². The number of nitrogen functional groups attached to an aromatic ring is 1. The molecule has 0 unspecified atom stereocenters. The van der Waals surface area contributed by atoms with Crippen LogP contribution in [-0.4, -0.2) is 10.9 Å². The quantitative estimate of drug-likeness (QED) is 0.904. The lowest BCUT2D eigenvalue weighted by molar-refractivity contribution is 0.0926. The fraction of sp³-hybridized carbons (Fsp3) is 0.231. The molecular weight excluding hydrogens is 265 g/mol. The fourth-order valence-corrected chi connectivity index (χ4v) is 2.60. The maximum absolute atomic E-state index is 12.9. The molecule has 1 fully saturated rings. The van der Waals surface area contributed by atoms with Crippen LogP contribution < -0.4 is 11.1 Å². The van der Waals surface area contributed by atoms with E-state index in [1.54, 1.807) is 17.5 Å². The van der Waals surface area contributed by atoms with Crippen LogP contribution in [0.1, 0.15) is 28.9 Å². The molecule has 3 rings (SSSR count). The molecule has 0 aliphatic heterocycles. The number of nitrogens with zero attached hydrogens (tertiary/aromatic N) is 1. The zero-order valence-electron chi connectivity index (χ0n) is 10.0. The highest BCUT2D eigenvalue weighted by Gasteiger charge is 2.45. The first-order valence-electron chi connectivity index (χ1n) is 5.89. The topological polar surface area (TPSA) is 68.0 Å². The number of anilines is 1. The average molecular weight is 277 g/mol. The number of aromatic nitrogens is 1. The summed E-state index contributed by atoms with van der Waals surface area (Å²) >= 11 is 1.23. The van der Waals surface area contributed by atoms with Crippen molar-refractivity contribution in [2.45, 2.75) is 18.4 Å². The minimum Gasteiger partial charge on any atom is -0.375 e. The fourth-order valence-electron chi connectivity index (χ4n) is 2.05. The molecular formula is C13H12FN3OS. The first kappa shape index (κ1) is 12.1. The van der Waals surface area contributed by atoms with Crippen molar-refractivity contribution in [3.05, 3.63) is 46.7 Å². The lowest BCUT2D eigenvalue weighted by atomic mass is 10.0. The van der Waals surface area contributed by atoms with Crippen molar-refractivity contribution in [1.82, 2.24) is 10.3 Å². The van der Waals surface area contributed by atoms with Gasteiger partial charge in [0, 0.05) is 5.38 Å². The molecule has 98 valence electrons. The van der Waals surface area contributed by atoms with Gasteiger partial charge in [-0.15, -0.1) is 11.3 Å². The maximum atomic E-state index is 12.9. The van der Waals surface area contributed by atoms with Crippen LogP contribution in [0.15, 0.2) is 29.6 Å². The Bertz CT molecular complexity index is 619. The summed E-state index contributed by atoms with van der Waals surface area (Å²) in [6, 6.07) is 6.22. The lowest BCUT2D eigenvalue weighted by Gasteiger charge is -2.17. The average Bonchev–Trinajstić information content (AvgIpc) is 3.03. The van der Waals surface area contributed by atoms with Crippen molar-refractivity contribution in [1.29, 1.82) is 0 Å². The smallest absolute Gasteiger partial charge is 0.271 e. The van der Waals surface area contributed by atoms with Crippen molar-refractivity contribution in [3.63, 3.8) is 0 Å². The van der Waals surface area contributed by atoms with E-state index >= 15 is 0 Å². The Morgan fingerprint density at radius 1 is 1.37 bits per heavy atom. The number of rotatable bonds is 3. The number of hydrogen-bond acceptors (Lipinski definition) is 4. The van der Waals surface area contributed by atoms with E-state index in [0.717, 1.165) is 18.4 Å². The third-order valence-electron chi connectivity index (χ3n) is 3.25. The van der Waals surface area contributed by atoms with Gasteiger partial charge in [0.2, 0.25) is 0 Å². The summed E-state index contributed by atoms with van der Waals surface area (Å²) in [5, 5.41) is 4.96. The molecule has 4 nitrogen and oxygen atoms in total. The molecule has 0 saturated heterocycles. The summed E-state index contributed by atoms with van der Waals surface area (Å²) < 4.78 is 12.9. The predicted octanol–water partition coefficient (Wildman–Crippen LogP) is 2.28. The number of nitrogens with two attached hydrogens (primary N) is 1. The number of nitrogens with one attached hydrogen (secondary N) is 1. The molecule has 0 bridgehead atoms. The summed E-state index contributed by atoms with van der Waals surface area (Å²) in [6.07, 6.45) is 1.70. The number of amides is 1. The van der Waals surface area contributed by atoms with Gasteiger partial charge in [-0.05, 0) is 30.5 Å². The molecule has 1 aliphatic rings. The Kier molecular flexibility index (Phi) is 2.74. The molecule has 1 amide bonds. The molecule has 3 N–H and O–H groups in total. The maximum Gasteiger partial charge on any atom is 0.271 e. The van der Waals surface area contributed by atoms with Crippen LogP contribution >= 0.6 is 11.3 Å².